The number of sulfonamides is 1. The highest BCUT2D eigenvalue weighted by atomic mass is 32.2. The largest absolute Gasteiger partial charge is 0.452 e. The van der Waals surface area contributed by atoms with Crippen molar-refractivity contribution in [3.63, 3.8) is 0 Å². The van der Waals surface area contributed by atoms with Crippen LogP contribution in [0.3, 0.4) is 0 Å². The van der Waals surface area contributed by atoms with Crippen LogP contribution in [-0.2, 0) is 21.4 Å². The summed E-state index contributed by atoms with van der Waals surface area (Å²) in [6.45, 7) is -0.315. The normalized spacial score (nSPS) is 11.1. The molecule has 0 amide bonds. The lowest BCUT2D eigenvalue weighted by atomic mass is 10.2. The number of hydrogen-bond acceptors (Lipinski definition) is 8. The molecule has 0 saturated heterocycles. The number of carbonyl (C=O) groups is 1. The first-order valence-electron chi connectivity index (χ1n) is 7.56. The highest BCUT2D eigenvalue weighted by Gasteiger charge is 2.16. The third kappa shape index (κ3) is 4.59. The van der Waals surface area contributed by atoms with Gasteiger partial charge in [-0.05, 0) is 35.7 Å². The fourth-order valence-corrected chi connectivity index (χ4v) is 3.60. The van der Waals surface area contributed by atoms with E-state index in [1.165, 1.54) is 35.6 Å². The number of aromatic nitrogens is 2. The summed E-state index contributed by atoms with van der Waals surface area (Å²) in [6, 6.07) is 8.98. The number of nitrogens with zero attached hydrogens (tertiary/aromatic N) is 2. The fourth-order valence-electron chi connectivity index (χ4n) is 2.02. The Labute approximate surface area is 159 Å². The predicted molar refractivity (Wildman–Crippen MR) is 97.2 cm³/mol. The Morgan fingerprint density at radius 1 is 1.30 bits per heavy atom. The van der Waals surface area contributed by atoms with Crippen LogP contribution >= 0.6 is 11.3 Å². The number of benzene rings is 1. The van der Waals surface area contributed by atoms with E-state index >= 15 is 0 Å². The van der Waals surface area contributed by atoms with Crippen LogP contribution in [0.4, 0.5) is 0 Å². The molecule has 1 aromatic carbocycles. The highest BCUT2D eigenvalue weighted by Crippen LogP contribution is 2.21. The lowest BCUT2D eigenvalue weighted by molar-refractivity contribution is 0.0429. The third-order valence-corrected chi connectivity index (χ3v) is 5.58. The van der Waals surface area contributed by atoms with E-state index in [9.17, 15) is 13.2 Å². The first-order valence-corrected chi connectivity index (χ1v) is 9.92. The van der Waals surface area contributed by atoms with Gasteiger partial charge in [-0.3, -0.25) is 0 Å². The molecule has 27 heavy (non-hydrogen) atoms. The van der Waals surface area contributed by atoms with E-state index in [1.807, 2.05) is 17.5 Å². The lowest BCUT2D eigenvalue weighted by Crippen LogP contribution is -2.23. The molecule has 3 rings (SSSR count). The Morgan fingerprint density at radius 3 is 2.74 bits per heavy atom. The second-order valence-corrected chi connectivity index (χ2v) is 7.83. The molecule has 3 aromatic rings. The minimum Gasteiger partial charge on any atom is -0.452 e. The van der Waals surface area contributed by atoms with Gasteiger partial charge in [-0.2, -0.15) is 9.71 Å². The summed E-state index contributed by atoms with van der Waals surface area (Å²) in [6.07, 6.45) is 5.03. The molecule has 0 radical (unpaired) electrons. The van der Waals surface area contributed by atoms with Crippen LogP contribution in [0.15, 0.2) is 51.2 Å². The third-order valence-electron chi connectivity index (χ3n) is 3.30. The van der Waals surface area contributed by atoms with Crippen molar-refractivity contribution in [1.29, 1.82) is 0 Å². The van der Waals surface area contributed by atoms with Crippen molar-refractivity contribution in [2.45, 2.75) is 11.5 Å². The van der Waals surface area contributed by atoms with E-state index in [0.29, 0.717) is 5.82 Å². The van der Waals surface area contributed by atoms with E-state index in [0.717, 1.165) is 4.88 Å². The van der Waals surface area contributed by atoms with Crippen LogP contribution in [0, 0.1) is 12.3 Å². The summed E-state index contributed by atoms with van der Waals surface area (Å²) in [4.78, 5) is 17.1. The molecular formula is C17H13N3O5S2. The maximum Gasteiger partial charge on any atom is 0.338 e. The molecule has 0 unspecified atom stereocenters. The fraction of sp³-hybridized carbons (Fsp3) is 0.118. The minimum atomic E-state index is -3.72. The highest BCUT2D eigenvalue weighted by molar-refractivity contribution is 7.89. The van der Waals surface area contributed by atoms with E-state index in [1.54, 1.807) is 0 Å². The Morgan fingerprint density at radius 2 is 2.07 bits per heavy atom. The zero-order chi connectivity index (χ0) is 19.3. The quantitative estimate of drug-likeness (QED) is 0.475. The summed E-state index contributed by atoms with van der Waals surface area (Å²) in [7, 11) is -3.72. The summed E-state index contributed by atoms with van der Waals surface area (Å²) >= 11 is 1.46. The van der Waals surface area contributed by atoms with Gasteiger partial charge < -0.3 is 9.26 Å². The molecule has 1 N–H and O–H groups in total. The number of carbonyl (C=O) groups excluding carboxylic acids is 1. The lowest BCUT2D eigenvalue weighted by Gasteiger charge is -2.05. The first-order chi connectivity index (χ1) is 13.0. The van der Waals surface area contributed by atoms with Gasteiger partial charge in [0.1, 0.15) is 0 Å². The van der Waals surface area contributed by atoms with Crippen LogP contribution in [0.2, 0.25) is 0 Å². The SMILES string of the molecule is C#CCNS(=O)(=O)c1ccc(C(=O)OCc2nc(-c3cccs3)no2)cc1. The van der Waals surface area contributed by atoms with Crippen molar-refractivity contribution >= 4 is 27.3 Å². The molecular weight excluding hydrogens is 390 g/mol. The molecule has 0 aliphatic rings. The van der Waals surface area contributed by atoms with E-state index in [-0.39, 0.29) is 29.5 Å². The van der Waals surface area contributed by atoms with Crippen LogP contribution in [0.5, 0.6) is 0 Å². The van der Waals surface area contributed by atoms with Crippen LogP contribution in [0.1, 0.15) is 16.2 Å². The number of rotatable bonds is 7. The Hall–Kier alpha value is -3.00. The zero-order valence-electron chi connectivity index (χ0n) is 13.8. The summed E-state index contributed by atoms with van der Waals surface area (Å²) in [5.74, 6) is 2.11. The monoisotopic (exact) mass is 403 g/mol. The minimum absolute atomic E-state index is 0.00760. The van der Waals surface area contributed by atoms with Gasteiger partial charge in [-0.1, -0.05) is 17.1 Å². The van der Waals surface area contributed by atoms with Gasteiger partial charge in [-0.15, -0.1) is 17.8 Å². The molecule has 0 saturated carbocycles. The molecule has 0 aliphatic heterocycles. The first kappa shape index (κ1) is 18.8. The molecule has 138 valence electrons. The van der Waals surface area contributed by atoms with Crippen LogP contribution < -0.4 is 4.72 Å². The molecule has 10 heteroatoms. The van der Waals surface area contributed by atoms with Crippen molar-refractivity contribution < 1.29 is 22.5 Å². The van der Waals surface area contributed by atoms with Gasteiger partial charge in [-0.25, -0.2) is 13.2 Å². The van der Waals surface area contributed by atoms with Crippen molar-refractivity contribution in [3.05, 3.63) is 53.2 Å². The second-order valence-electron chi connectivity index (χ2n) is 5.12. The molecule has 2 aromatic heterocycles. The topological polar surface area (TPSA) is 111 Å². The van der Waals surface area contributed by atoms with Crippen molar-refractivity contribution in [3.8, 4) is 23.0 Å². The molecule has 0 fully saturated rings. The molecule has 0 spiro atoms. The van der Waals surface area contributed by atoms with E-state index < -0.39 is 16.0 Å². The Kier molecular flexibility index (Phi) is 5.66. The smallest absolute Gasteiger partial charge is 0.338 e. The number of nitrogens with one attached hydrogen (secondary N) is 1. The van der Waals surface area contributed by atoms with Crippen LogP contribution in [-0.4, -0.2) is 31.1 Å². The summed E-state index contributed by atoms with van der Waals surface area (Å²) in [5.41, 5.74) is 0.184. The molecule has 0 atom stereocenters. The van der Waals surface area contributed by atoms with Gasteiger partial charge >= 0.3 is 5.97 Å². The maximum absolute atomic E-state index is 12.1. The van der Waals surface area contributed by atoms with Crippen molar-refractivity contribution in [2.24, 2.45) is 0 Å². The zero-order valence-corrected chi connectivity index (χ0v) is 15.4. The maximum atomic E-state index is 12.1. The molecule has 0 aliphatic carbocycles. The van der Waals surface area contributed by atoms with E-state index in [4.69, 9.17) is 15.7 Å². The second kappa shape index (κ2) is 8.13. The van der Waals surface area contributed by atoms with Crippen molar-refractivity contribution in [1.82, 2.24) is 14.9 Å². The standard InChI is InChI=1S/C17H13N3O5S2/c1-2-9-18-27(22,23)13-7-5-12(6-8-13)17(21)24-11-15-19-16(20-25-15)14-4-3-10-26-14/h1,3-8,10,18H,9,11H2. The number of thiophene rings is 1. The predicted octanol–water partition coefficient (Wildman–Crippen LogP) is 2.07. The number of ether oxygens (including phenoxy) is 1. The number of hydrogen-bond donors (Lipinski definition) is 1. The van der Waals surface area contributed by atoms with Crippen molar-refractivity contribution in [2.75, 3.05) is 6.54 Å². The van der Waals surface area contributed by atoms with Gasteiger partial charge in [0.15, 0.2) is 6.61 Å². The summed E-state index contributed by atoms with van der Waals surface area (Å²) < 4.78 is 36.2. The van der Waals surface area contributed by atoms with E-state index in [2.05, 4.69) is 20.8 Å². The molecule has 2 heterocycles. The van der Waals surface area contributed by atoms with Gasteiger partial charge in [0.2, 0.25) is 15.8 Å². The number of terminal acetylenes is 1. The molecule has 8 nitrogen and oxygen atoms in total. The summed E-state index contributed by atoms with van der Waals surface area (Å²) in [5, 5.41) is 5.70. The Balaban J connectivity index is 1.61. The average molecular weight is 403 g/mol. The van der Waals surface area contributed by atoms with Gasteiger partial charge in [0.05, 0.1) is 21.9 Å². The molecule has 0 bridgehead atoms. The van der Waals surface area contributed by atoms with Gasteiger partial charge in [0.25, 0.3) is 5.89 Å². The Bertz CT molecular complexity index is 1060. The average Bonchev–Trinajstić information content (AvgIpc) is 3.36. The van der Waals surface area contributed by atoms with Gasteiger partial charge in [0, 0.05) is 0 Å². The van der Waals surface area contributed by atoms with Crippen LogP contribution in [0.25, 0.3) is 10.7 Å². The number of esters is 1.